The molecule has 1 fully saturated rings. The largest absolute Gasteiger partial charge is 0.494 e. The predicted octanol–water partition coefficient (Wildman–Crippen LogP) is 2.68. The van der Waals surface area contributed by atoms with Gasteiger partial charge in [-0.3, -0.25) is 4.79 Å². The van der Waals surface area contributed by atoms with Gasteiger partial charge in [-0.25, -0.2) is 4.39 Å². The van der Waals surface area contributed by atoms with E-state index < -0.39 is 11.4 Å². The summed E-state index contributed by atoms with van der Waals surface area (Å²) in [6.45, 7) is 0. The summed E-state index contributed by atoms with van der Waals surface area (Å²) in [6, 6.07) is 4.60. The second kappa shape index (κ2) is 5.06. The lowest BCUT2D eigenvalue weighted by atomic mass is 9.90. The van der Waals surface area contributed by atoms with Gasteiger partial charge in [-0.2, -0.15) is 0 Å². The molecule has 0 saturated heterocycles. The van der Waals surface area contributed by atoms with E-state index in [1.807, 2.05) is 0 Å². The molecular weight excluding hydrogens is 233 g/mol. The molecule has 0 heterocycles. The molecule has 0 bridgehead atoms. The van der Waals surface area contributed by atoms with Crippen molar-refractivity contribution in [2.75, 3.05) is 7.11 Å². The van der Waals surface area contributed by atoms with E-state index in [9.17, 15) is 9.18 Å². The fourth-order valence-corrected chi connectivity index (χ4v) is 2.55. The maximum absolute atomic E-state index is 13.9. The second-order valence-corrected chi connectivity index (χ2v) is 4.99. The van der Waals surface area contributed by atoms with E-state index in [4.69, 9.17) is 10.5 Å². The Bertz CT molecular complexity index is 453. The Balaban J connectivity index is 2.18. The van der Waals surface area contributed by atoms with Crippen molar-refractivity contribution in [1.29, 1.82) is 0 Å². The molecule has 18 heavy (non-hydrogen) atoms. The van der Waals surface area contributed by atoms with Gasteiger partial charge in [0.2, 0.25) is 0 Å². The number of nitrogens with two attached hydrogens (primary N) is 1. The first-order chi connectivity index (χ1) is 8.56. The van der Waals surface area contributed by atoms with Crippen LogP contribution in [0.1, 0.15) is 42.5 Å². The molecule has 0 aromatic heterocycles. The van der Waals surface area contributed by atoms with Crippen LogP contribution in [0.2, 0.25) is 0 Å². The number of ketones is 1. The third kappa shape index (κ3) is 2.53. The fraction of sp³-hybridized carbons (Fsp3) is 0.500. The molecule has 3 nitrogen and oxygen atoms in total. The van der Waals surface area contributed by atoms with Crippen molar-refractivity contribution in [3.63, 3.8) is 0 Å². The Morgan fingerprint density at radius 1 is 1.44 bits per heavy atom. The van der Waals surface area contributed by atoms with Gasteiger partial charge in [-0.05, 0) is 25.0 Å². The number of carbonyl (C=O) groups is 1. The van der Waals surface area contributed by atoms with E-state index in [0.717, 1.165) is 25.7 Å². The van der Waals surface area contributed by atoms with Crippen molar-refractivity contribution in [1.82, 2.24) is 0 Å². The van der Waals surface area contributed by atoms with Crippen LogP contribution in [0.4, 0.5) is 4.39 Å². The SMILES string of the molecule is COc1cccc(C(=O)CC2(N)CCCC2)c1F. The topological polar surface area (TPSA) is 52.3 Å². The van der Waals surface area contributed by atoms with Crippen LogP contribution in [-0.4, -0.2) is 18.4 Å². The number of halogens is 1. The van der Waals surface area contributed by atoms with Gasteiger partial charge < -0.3 is 10.5 Å². The van der Waals surface area contributed by atoms with Gasteiger partial charge in [0, 0.05) is 12.0 Å². The van der Waals surface area contributed by atoms with Gasteiger partial charge in [-0.1, -0.05) is 18.9 Å². The average molecular weight is 251 g/mol. The Hall–Kier alpha value is -1.42. The Morgan fingerprint density at radius 2 is 2.11 bits per heavy atom. The summed E-state index contributed by atoms with van der Waals surface area (Å²) in [5, 5.41) is 0. The summed E-state index contributed by atoms with van der Waals surface area (Å²) in [6.07, 6.45) is 3.97. The van der Waals surface area contributed by atoms with Crippen LogP contribution in [0.15, 0.2) is 18.2 Å². The number of Topliss-reactive ketones (excluding diaryl/α,β-unsaturated/α-hetero) is 1. The quantitative estimate of drug-likeness (QED) is 0.837. The third-order valence-corrected chi connectivity index (χ3v) is 3.60. The minimum atomic E-state index is -0.591. The van der Waals surface area contributed by atoms with E-state index in [2.05, 4.69) is 0 Å². The predicted molar refractivity (Wildman–Crippen MR) is 67.3 cm³/mol. The van der Waals surface area contributed by atoms with Gasteiger partial charge in [0.1, 0.15) is 0 Å². The van der Waals surface area contributed by atoms with Crippen molar-refractivity contribution in [3.8, 4) is 5.75 Å². The summed E-state index contributed by atoms with van der Waals surface area (Å²) in [4.78, 5) is 12.1. The van der Waals surface area contributed by atoms with Crippen LogP contribution in [-0.2, 0) is 0 Å². The lowest BCUT2D eigenvalue weighted by molar-refractivity contribution is 0.0947. The second-order valence-electron chi connectivity index (χ2n) is 4.99. The molecule has 0 aliphatic heterocycles. The minimum Gasteiger partial charge on any atom is -0.494 e. The summed E-state index contributed by atoms with van der Waals surface area (Å²) in [5.74, 6) is -0.735. The van der Waals surface area contributed by atoms with Crippen molar-refractivity contribution < 1.29 is 13.9 Å². The summed E-state index contributed by atoms with van der Waals surface area (Å²) < 4.78 is 18.8. The average Bonchev–Trinajstić information content (AvgIpc) is 2.76. The van der Waals surface area contributed by atoms with Crippen LogP contribution < -0.4 is 10.5 Å². The molecule has 4 heteroatoms. The van der Waals surface area contributed by atoms with Crippen LogP contribution in [0, 0.1) is 5.82 Å². The lowest BCUT2D eigenvalue weighted by Gasteiger charge is -2.22. The van der Waals surface area contributed by atoms with Crippen LogP contribution in [0.25, 0.3) is 0 Å². The van der Waals surface area contributed by atoms with Gasteiger partial charge in [0.15, 0.2) is 17.3 Å². The number of ether oxygens (including phenoxy) is 1. The van der Waals surface area contributed by atoms with Crippen LogP contribution in [0.5, 0.6) is 5.75 Å². The number of methoxy groups -OCH3 is 1. The molecule has 1 aromatic carbocycles. The van der Waals surface area contributed by atoms with Gasteiger partial charge in [0.05, 0.1) is 12.7 Å². The first-order valence-corrected chi connectivity index (χ1v) is 6.20. The zero-order valence-corrected chi connectivity index (χ0v) is 10.5. The number of hydrogen-bond donors (Lipinski definition) is 1. The maximum Gasteiger partial charge on any atom is 0.175 e. The van der Waals surface area contributed by atoms with Gasteiger partial charge >= 0.3 is 0 Å². The molecule has 2 rings (SSSR count). The molecule has 1 aromatic rings. The maximum atomic E-state index is 13.9. The molecular formula is C14H18FNO2. The van der Waals surface area contributed by atoms with Crippen molar-refractivity contribution in [3.05, 3.63) is 29.6 Å². The Labute approximate surface area is 106 Å². The number of hydrogen-bond acceptors (Lipinski definition) is 3. The Morgan fingerprint density at radius 3 is 2.72 bits per heavy atom. The zero-order chi connectivity index (χ0) is 13.2. The van der Waals surface area contributed by atoms with E-state index in [1.165, 1.54) is 19.2 Å². The standard InChI is InChI=1S/C14H18FNO2/c1-18-12-6-4-5-10(13(12)15)11(17)9-14(16)7-2-3-8-14/h4-6H,2-3,7-9,16H2,1H3. The lowest BCUT2D eigenvalue weighted by Crippen LogP contribution is -2.38. The molecule has 1 aliphatic rings. The van der Waals surface area contributed by atoms with Gasteiger partial charge in [0.25, 0.3) is 0 Å². The van der Waals surface area contributed by atoms with Crippen molar-refractivity contribution in [2.24, 2.45) is 5.73 Å². The zero-order valence-electron chi connectivity index (χ0n) is 10.5. The highest BCUT2D eigenvalue weighted by Gasteiger charge is 2.32. The highest BCUT2D eigenvalue weighted by Crippen LogP contribution is 2.32. The van der Waals surface area contributed by atoms with E-state index in [1.54, 1.807) is 6.07 Å². The smallest absolute Gasteiger partial charge is 0.175 e. The molecule has 1 saturated carbocycles. The van der Waals surface area contributed by atoms with E-state index in [0.29, 0.717) is 0 Å². The van der Waals surface area contributed by atoms with Gasteiger partial charge in [-0.15, -0.1) is 0 Å². The summed E-state index contributed by atoms with van der Waals surface area (Å²) >= 11 is 0. The molecule has 1 aliphatic carbocycles. The third-order valence-electron chi connectivity index (χ3n) is 3.60. The first kappa shape index (κ1) is 13.0. The van der Waals surface area contributed by atoms with E-state index >= 15 is 0 Å². The highest BCUT2D eigenvalue weighted by molar-refractivity contribution is 5.97. The summed E-state index contributed by atoms with van der Waals surface area (Å²) in [7, 11) is 1.38. The van der Waals surface area contributed by atoms with Crippen LogP contribution >= 0.6 is 0 Å². The first-order valence-electron chi connectivity index (χ1n) is 6.20. The molecule has 0 amide bonds. The monoisotopic (exact) mass is 251 g/mol. The van der Waals surface area contributed by atoms with E-state index in [-0.39, 0.29) is 23.5 Å². The normalized spacial score (nSPS) is 17.7. The molecule has 0 unspecified atom stereocenters. The highest BCUT2D eigenvalue weighted by atomic mass is 19.1. The van der Waals surface area contributed by atoms with Crippen LogP contribution in [0.3, 0.4) is 0 Å². The van der Waals surface area contributed by atoms with Crippen molar-refractivity contribution in [2.45, 2.75) is 37.6 Å². The summed E-state index contributed by atoms with van der Waals surface area (Å²) in [5.41, 5.74) is 5.77. The molecule has 2 N–H and O–H groups in total. The Kier molecular flexibility index (Phi) is 3.66. The molecule has 98 valence electrons. The molecule has 0 radical (unpaired) electrons. The minimum absolute atomic E-state index is 0.0751. The fourth-order valence-electron chi connectivity index (χ4n) is 2.55. The number of benzene rings is 1. The molecule has 0 atom stereocenters. The number of carbonyl (C=O) groups excluding carboxylic acids is 1. The van der Waals surface area contributed by atoms with Crippen molar-refractivity contribution >= 4 is 5.78 Å². The number of rotatable bonds is 4. The molecule has 0 spiro atoms.